The molecule has 1 atom stereocenters. The third-order valence-electron chi connectivity index (χ3n) is 8.78. The van der Waals surface area contributed by atoms with E-state index < -0.39 is 5.97 Å². The van der Waals surface area contributed by atoms with Crippen LogP contribution in [0.5, 0.6) is 0 Å². The summed E-state index contributed by atoms with van der Waals surface area (Å²) in [6.45, 7) is 4.19. The Balaban J connectivity index is 3.83. The van der Waals surface area contributed by atoms with Gasteiger partial charge in [0, 0.05) is 12.8 Å². The summed E-state index contributed by atoms with van der Waals surface area (Å²) in [4.78, 5) is 34.7. The number of nitrogens with one attached hydrogen (secondary N) is 1. The molecule has 0 radical (unpaired) electrons. The van der Waals surface area contributed by atoms with Gasteiger partial charge in [-0.2, -0.15) is 0 Å². The highest BCUT2D eigenvalue weighted by atomic mass is 16.5. The second-order valence-corrected chi connectivity index (χ2v) is 13.2. The highest BCUT2D eigenvalue weighted by Gasteiger charge is 2.14. The number of unbranched alkanes of at least 4 members (excludes halogenated alkanes) is 24. The fourth-order valence-electron chi connectivity index (χ4n) is 5.93. The SMILES string of the molecule is CCCCCCCCCCCCCCCCCCCCC(=O)OC(CCCCCCC)CCCCCCC(=O)NCC(=O)O. The molecule has 1 amide bonds. The normalized spacial score (nSPS) is 11.9. The number of hydrogen-bond donors (Lipinski definition) is 2. The first kappa shape index (κ1) is 42.4. The summed E-state index contributed by atoms with van der Waals surface area (Å²) < 4.78 is 5.93. The second kappa shape index (κ2) is 34.3. The molecule has 6 nitrogen and oxygen atoms in total. The molecule has 6 heteroatoms. The molecule has 0 aliphatic heterocycles. The van der Waals surface area contributed by atoms with Crippen LogP contribution in [-0.2, 0) is 19.1 Å². The molecule has 44 heavy (non-hydrogen) atoms. The molecule has 0 rings (SSSR count). The largest absolute Gasteiger partial charge is 0.480 e. The van der Waals surface area contributed by atoms with Gasteiger partial charge in [-0.1, -0.05) is 162 Å². The number of ether oxygens (including phenoxy) is 1. The molecule has 0 aliphatic carbocycles. The van der Waals surface area contributed by atoms with Crippen LogP contribution < -0.4 is 5.32 Å². The summed E-state index contributed by atoms with van der Waals surface area (Å²) in [7, 11) is 0. The van der Waals surface area contributed by atoms with Crippen molar-refractivity contribution in [3.63, 3.8) is 0 Å². The van der Waals surface area contributed by atoms with E-state index >= 15 is 0 Å². The van der Waals surface area contributed by atoms with Crippen molar-refractivity contribution in [3.05, 3.63) is 0 Å². The van der Waals surface area contributed by atoms with Crippen molar-refractivity contribution in [1.29, 1.82) is 0 Å². The molecule has 0 aromatic carbocycles. The Morgan fingerprint density at radius 1 is 0.500 bits per heavy atom. The highest BCUT2D eigenvalue weighted by molar-refractivity contribution is 5.80. The van der Waals surface area contributed by atoms with E-state index in [1.165, 1.54) is 128 Å². The molecular weight excluding hydrogens is 550 g/mol. The third kappa shape index (κ3) is 33.3. The summed E-state index contributed by atoms with van der Waals surface area (Å²) in [6.07, 6.45) is 36.7. The summed E-state index contributed by atoms with van der Waals surface area (Å²) in [6, 6.07) is 0. The van der Waals surface area contributed by atoms with Crippen LogP contribution >= 0.6 is 0 Å². The lowest BCUT2D eigenvalue weighted by molar-refractivity contribution is -0.150. The van der Waals surface area contributed by atoms with Crippen molar-refractivity contribution < 1.29 is 24.2 Å². The zero-order chi connectivity index (χ0) is 32.4. The Morgan fingerprint density at radius 2 is 0.841 bits per heavy atom. The van der Waals surface area contributed by atoms with E-state index in [-0.39, 0.29) is 24.5 Å². The second-order valence-electron chi connectivity index (χ2n) is 13.2. The number of carboxylic acids is 1. The Morgan fingerprint density at radius 3 is 1.23 bits per heavy atom. The van der Waals surface area contributed by atoms with Gasteiger partial charge in [-0.3, -0.25) is 14.4 Å². The van der Waals surface area contributed by atoms with Crippen LogP contribution in [0.4, 0.5) is 0 Å². The predicted molar refractivity (Wildman–Crippen MR) is 185 cm³/mol. The Bertz CT molecular complexity index is 653. The van der Waals surface area contributed by atoms with Crippen LogP contribution in [0.3, 0.4) is 0 Å². The fraction of sp³-hybridized carbons (Fsp3) is 0.921. The standard InChI is InChI=1S/C38H73NO5/c1-3-5-7-9-10-11-12-13-14-15-16-17-18-19-20-21-23-29-33-38(43)44-35(30-26-22-8-6-4-2)31-27-24-25-28-32-36(40)39-34-37(41)42/h35H,3-34H2,1-2H3,(H,39,40)(H,41,42). The van der Waals surface area contributed by atoms with Crippen LogP contribution in [-0.4, -0.2) is 35.6 Å². The molecule has 0 aliphatic rings. The molecule has 1 unspecified atom stereocenters. The predicted octanol–water partition coefficient (Wildman–Crippen LogP) is 11.2. The van der Waals surface area contributed by atoms with Gasteiger partial charge in [-0.25, -0.2) is 0 Å². The van der Waals surface area contributed by atoms with Crippen molar-refractivity contribution in [1.82, 2.24) is 5.32 Å². The fourth-order valence-corrected chi connectivity index (χ4v) is 5.93. The van der Waals surface area contributed by atoms with Crippen LogP contribution in [0.15, 0.2) is 0 Å². The van der Waals surface area contributed by atoms with Crippen molar-refractivity contribution in [2.45, 2.75) is 219 Å². The molecule has 0 bridgehead atoms. The monoisotopic (exact) mass is 624 g/mol. The number of amides is 1. The minimum absolute atomic E-state index is 0.0125. The topological polar surface area (TPSA) is 92.7 Å². The van der Waals surface area contributed by atoms with E-state index in [4.69, 9.17) is 9.84 Å². The number of rotatable bonds is 35. The number of carbonyl (C=O) groups excluding carboxylic acids is 2. The quantitative estimate of drug-likeness (QED) is 0.0541. The molecule has 0 aromatic heterocycles. The summed E-state index contributed by atoms with van der Waals surface area (Å²) >= 11 is 0. The third-order valence-corrected chi connectivity index (χ3v) is 8.78. The maximum atomic E-state index is 12.6. The molecule has 0 aromatic rings. The zero-order valence-corrected chi connectivity index (χ0v) is 29.3. The number of carbonyl (C=O) groups is 3. The molecule has 2 N–H and O–H groups in total. The molecule has 0 spiro atoms. The van der Waals surface area contributed by atoms with Gasteiger partial charge >= 0.3 is 11.9 Å². The van der Waals surface area contributed by atoms with E-state index in [0.717, 1.165) is 57.8 Å². The first-order valence-electron chi connectivity index (χ1n) is 19.2. The van der Waals surface area contributed by atoms with Gasteiger partial charge in [0.1, 0.15) is 12.6 Å². The minimum atomic E-state index is -1.02. The number of esters is 1. The summed E-state index contributed by atoms with van der Waals surface area (Å²) in [5.41, 5.74) is 0. The number of aliphatic carboxylic acids is 1. The van der Waals surface area contributed by atoms with Crippen LogP contribution in [0, 0.1) is 0 Å². The maximum Gasteiger partial charge on any atom is 0.322 e. The summed E-state index contributed by atoms with van der Waals surface area (Å²) in [5, 5.41) is 11.0. The highest BCUT2D eigenvalue weighted by Crippen LogP contribution is 2.18. The Labute approximate surface area is 272 Å². The van der Waals surface area contributed by atoms with E-state index in [2.05, 4.69) is 19.2 Å². The van der Waals surface area contributed by atoms with Gasteiger partial charge < -0.3 is 15.2 Å². The van der Waals surface area contributed by atoms with Crippen molar-refractivity contribution >= 4 is 17.8 Å². The number of carboxylic acid groups (broad SMARTS) is 1. The first-order valence-corrected chi connectivity index (χ1v) is 19.2. The van der Waals surface area contributed by atoms with Gasteiger partial charge in [-0.05, 0) is 38.5 Å². The Hall–Kier alpha value is -1.59. The van der Waals surface area contributed by atoms with Crippen molar-refractivity contribution in [2.24, 2.45) is 0 Å². The molecular formula is C38H73NO5. The first-order chi connectivity index (χ1) is 21.5. The van der Waals surface area contributed by atoms with Crippen LogP contribution in [0.1, 0.15) is 213 Å². The molecule has 0 saturated heterocycles. The zero-order valence-electron chi connectivity index (χ0n) is 29.3. The van der Waals surface area contributed by atoms with E-state index in [9.17, 15) is 14.4 Å². The van der Waals surface area contributed by atoms with Crippen molar-refractivity contribution in [3.8, 4) is 0 Å². The van der Waals surface area contributed by atoms with Crippen LogP contribution in [0.25, 0.3) is 0 Å². The van der Waals surface area contributed by atoms with Gasteiger partial charge in [0.2, 0.25) is 5.91 Å². The smallest absolute Gasteiger partial charge is 0.322 e. The van der Waals surface area contributed by atoms with Gasteiger partial charge in [0.25, 0.3) is 0 Å². The van der Waals surface area contributed by atoms with E-state index in [0.29, 0.717) is 12.8 Å². The molecule has 260 valence electrons. The number of hydrogen-bond acceptors (Lipinski definition) is 4. The average Bonchev–Trinajstić information content (AvgIpc) is 3.00. The van der Waals surface area contributed by atoms with Crippen LogP contribution in [0.2, 0.25) is 0 Å². The minimum Gasteiger partial charge on any atom is -0.480 e. The molecule has 0 fully saturated rings. The molecule has 0 saturated carbocycles. The van der Waals surface area contributed by atoms with E-state index in [1.807, 2.05) is 0 Å². The lowest BCUT2D eigenvalue weighted by Crippen LogP contribution is -2.28. The van der Waals surface area contributed by atoms with Gasteiger partial charge in [0.15, 0.2) is 0 Å². The van der Waals surface area contributed by atoms with Gasteiger partial charge in [0.05, 0.1) is 0 Å². The lowest BCUT2D eigenvalue weighted by atomic mass is 10.0. The summed E-state index contributed by atoms with van der Waals surface area (Å²) in [5.74, 6) is -1.25. The average molecular weight is 624 g/mol. The Kier molecular flexibility index (Phi) is 33.0. The molecule has 0 heterocycles. The van der Waals surface area contributed by atoms with E-state index in [1.54, 1.807) is 0 Å². The van der Waals surface area contributed by atoms with Gasteiger partial charge in [-0.15, -0.1) is 0 Å². The maximum absolute atomic E-state index is 12.6. The lowest BCUT2D eigenvalue weighted by Gasteiger charge is -2.18. The van der Waals surface area contributed by atoms with Crippen molar-refractivity contribution in [2.75, 3.05) is 6.54 Å².